The fraction of sp³-hybridized carbons (Fsp3) is 0.125. The summed E-state index contributed by atoms with van der Waals surface area (Å²) in [6.07, 6.45) is 5.23. The van der Waals surface area contributed by atoms with Crippen molar-refractivity contribution < 1.29 is 5.11 Å². The second-order valence-corrected chi connectivity index (χ2v) is 7.18. The van der Waals surface area contributed by atoms with Crippen molar-refractivity contribution in [2.75, 3.05) is 25.1 Å². The molecule has 0 aromatic heterocycles. The molecule has 2 aromatic rings. The Balaban J connectivity index is 2.18. The lowest BCUT2D eigenvalue weighted by atomic mass is 10.2. The van der Waals surface area contributed by atoms with Gasteiger partial charge in [0.05, 0.1) is 11.4 Å². The van der Waals surface area contributed by atoms with Gasteiger partial charge in [0.1, 0.15) is 5.75 Å². The van der Waals surface area contributed by atoms with Gasteiger partial charge in [-0.15, -0.1) is 0 Å². The van der Waals surface area contributed by atoms with E-state index >= 15 is 0 Å². The van der Waals surface area contributed by atoms with E-state index in [9.17, 15) is 5.11 Å². The zero-order chi connectivity index (χ0) is 16.1. The lowest BCUT2D eigenvalue weighted by Crippen LogP contribution is -1.98. The minimum absolute atomic E-state index is 0.0162. The second kappa shape index (κ2) is 7.36. The van der Waals surface area contributed by atoms with E-state index in [1.165, 1.54) is 16.7 Å². The van der Waals surface area contributed by atoms with Crippen LogP contribution in [0.3, 0.4) is 0 Å². The lowest BCUT2D eigenvalue weighted by Gasteiger charge is -2.11. The Kier molecular flexibility index (Phi) is 5.50. The maximum Gasteiger partial charge on any atom is 0.141 e. The molecule has 0 aliphatic heterocycles. The molecule has 0 fully saturated rings. The van der Waals surface area contributed by atoms with Crippen molar-refractivity contribution >= 4 is 35.1 Å². The molecule has 2 rings (SSSR count). The second-order valence-electron chi connectivity index (χ2n) is 4.65. The molecule has 0 spiro atoms. The molecule has 0 bridgehead atoms. The van der Waals surface area contributed by atoms with Crippen molar-refractivity contribution in [2.45, 2.75) is 14.7 Å². The number of benzene rings is 2. The summed E-state index contributed by atoms with van der Waals surface area (Å²) in [7, 11) is 4.01. The first-order valence-corrected chi connectivity index (χ1v) is 8.06. The summed E-state index contributed by atoms with van der Waals surface area (Å²) in [4.78, 5) is 3.10. The zero-order valence-electron chi connectivity index (χ0n) is 12.3. The van der Waals surface area contributed by atoms with Gasteiger partial charge < -0.3 is 16.2 Å². The first kappa shape index (κ1) is 16.4. The van der Waals surface area contributed by atoms with Crippen LogP contribution in [0.4, 0.5) is 11.4 Å². The van der Waals surface area contributed by atoms with Crippen LogP contribution < -0.4 is 11.1 Å². The van der Waals surface area contributed by atoms with Crippen molar-refractivity contribution in [2.24, 2.45) is 0 Å². The summed E-state index contributed by atoms with van der Waals surface area (Å²) in [6.45, 7) is 0. The van der Waals surface area contributed by atoms with E-state index in [2.05, 4.69) is 23.5 Å². The van der Waals surface area contributed by atoms with Crippen LogP contribution >= 0.6 is 23.7 Å². The minimum Gasteiger partial charge on any atom is -0.506 e. The molecule has 0 heterocycles. The molecule has 0 saturated carbocycles. The Bertz CT molecular complexity index is 694. The van der Waals surface area contributed by atoms with E-state index in [4.69, 9.17) is 12.2 Å². The highest BCUT2D eigenvalue weighted by molar-refractivity contribution is 7.99. The van der Waals surface area contributed by atoms with E-state index < -0.39 is 0 Å². The molecular formula is C16H17N3OS2. The van der Waals surface area contributed by atoms with Crippen molar-refractivity contribution in [3.63, 3.8) is 0 Å². The number of nitrogens with zero attached hydrogens (tertiary/aromatic N) is 1. The number of hydrogen-bond acceptors (Lipinski definition) is 6. The molecule has 114 valence electrons. The Morgan fingerprint density at radius 2 is 1.77 bits per heavy atom. The fourth-order valence-electron chi connectivity index (χ4n) is 1.77. The van der Waals surface area contributed by atoms with Crippen LogP contribution in [0, 0.1) is 12.5 Å². The quantitative estimate of drug-likeness (QED) is 0.255. The molecule has 0 aliphatic carbocycles. The Hall–Kier alpha value is -1.94. The number of rotatable bonds is 5. The number of anilines is 2. The normalized spacial score (nSPS) is 10.5. The number of nitrogen functional groups attached to an aromatic ring is 1. The number of hydrogen-bond donors (Lipinski definition) is 3. The van der Waals surface area contributed by atoms with Crippen LogP contribution in [0.2, 0.25) is 0 Å². The third-order valence-corrected chi connectivity index (χ3v) is 4.51. The van der Waals surface area contributed by atoms with Crippen LogP contribution in [0.5, 0.6) is 5.75 Å². The highest BCUT2D eigenvalue weighted by Crippen LogP contribution is 2.37. The van der Waals surface area contributed by atoms with Crippen molar-refractivity contribution in [1.29, 1.82) is 0 Å². The first-order chi connectivity index (χ1) is 10.5. The van der Waals surface area contributed by atoms with Gasteiger partial charge >= 0.3 is 0 Å². The van der Waals surface area contributed by atoms with E-state index in [-0.39, 0.29) is 11.4 Å². The predicted octanol–water partition coefficient (Wildman–Crippen LogP) is 3.70. The van der Waals surface area contributed by atoms with Gasteiger partial charge in [-0.2, -0.15) is 0 Å². The molecule has 0 radical (unpaired) electrons. The van der Waals surface area contributed by atoms with Gasteiger partial charge in [-0.25, -0.2) is 0 Å². The third-order valence-electron chi connectivity index (χ3n) is 2.69. The van der Waals surface area contributed by atoms with Crippen molar-refractivity contribution in [1.82, 2.24) is 4.31 Å². The van der Waals surface area contributed by atoms with E-state index in [1.54, 1.807) is 18.0 Å². The van der Waals surface area contributed by atoms with Gasteiger partial charge in [0.25, 0.3) is 0 Å². The molecule has 6 heteroatoms. The summed E-state index contributed by atoms with van der Waals surface area (Å²) in [5.41, 5.74) is 6.55. The van der Waals surface area contributed by atoms with Gasteiger partial charge in [0, 0.05) is 20.7 Å². The first-order valence-electron chi connectivity index (χ1n) is 6.47. The Morgan fingerprint density at radius 3 is 2.36 bits per heavy atom. The number of nitrogens with two attached hydrogens (primary N) is 1. The summed E-state index contributed by atoms with van der Waals surface area (Å²) in [5, 5.41) is 12.6. The van der Waals surface area contributed by atoms with Gasteiger partial charge in [0.15, 0.2) is 0 Å². The molecular weight excluding hydrogens is 314 g/mol. The van der Waals surface area contributed by atoms with Crippen molar-refractivity contribution in [3.8, 4) is 18.2 Å². The molecule has 22 heavy (non-hydrogen) atoms. The molecule has 0 amide bonds. The van der Waals surface area contributed by atoms with Crippen LogP contribution in [0.1, 0.15) is 0 Å². The van der Waals surface area contributed by atoms with Gasteiger partial charge in [0.2, 0.25) is 0 Å². The third kappa shape index (κ3) is 4.28. The SMILES string of the molecule is C#CNc1cc(Sc2ccc(SN(C)C)cc2)cc(O)c1N. The summed E-state index contributed by atoms with van der Waals surface area (Å²) >= 11 is 3.19. The minimum atomic E-state index is 0.0162. The number of aromatic hydroxyl groups is 1. The number of phenols is 1. The van der Waals surface area contributed by atoms with E-state index in [0.29, 0.717) is 5.69 Å². The molecule has 0 atom stereocenters. The van der Waals surface area contributed by atoms with Gasteiger partial charge in [-0.3, -0.25) is 4.31 Å². The smallest absolute Gasteiger partial charge is 0.141 e. The Labute approximate surface area is 139 Å². The standard InChI is InChI=1S/C16H17N3OS2/c1-4-18-14-9-13(10-15(20)16(14)17)21-11-5-7-12(8-6-11)22-19(2)3/h1,5-10,18,20H,17H2,2-3H3. The fourth-order valence-corrected chi connectivity index (χ4v) is 3.34. The summed E-state index contributed by atoms with van der Waals surface area (Å²) in [5.74, 6) is 0.0162. The molecule has 4 N–H and O–H groups in total. The van der Waals surface area contributed by atoms with Crippen LogP contribution in [0.15, 0.2) is 51.1 Å². The van der Waals surface area contributed by atoms with Crippen LogP contribution in [-0.4, -0.2) is 23.5 Å². The molecule has 4 nitrogen and oxygen atoms in total. The van der Waals surface area contributed by atoms with Gasteiger partial charge in [-0.1, -0.05) is 18.2 Å². The zero-order valence-corrected chi connectivity index (χ0v) is 14.0. The number of terminal acetylenes is 1. The topological polar surface area (TPSA) is 61.5 Å². The molecule has 0 aliphatic rings. The highest BCUT2D eigenvalue weighted by Gasteiger charge is 2.08. The predicted molar refractivity (Wildman–Crippen MR) is 95.1 cm³/mol. The maximum atomic E-state index is 9.87. The average Bonchev–Trinajstić information content (AvgIpc) is 2.46. The average molecular weight is 331 g/mol. The van der Waals surface area contributed by atoms with E-state index in [1.807, 2.05) is 36.6 Å². The van der Waals surface area contributed by atoms with Gasteiger partial charge in [-0.05, 0) is 62.4 Å². The molecule has 2 aromatic carbocycles. The van der Waals surface area contributed by atoms with Crippen molar-refractivity contribution in [3.05, 3.63) is 36.4 Å². The van der Waals surface area contributed by atoms with Crippen LogP contribution in [-0.2, 0) is 0 Å². The summed E-state index contributed by atoms with van der Waals surface area (Å²) in [6, 6.07) is 14.0. The summed E-state index contributed by atoms with van der Waals surface area (Å²) < 4.78 is 2.04. The lowest BCUT2D eigenvalue weighted by molar-refractivity contribution is 0.477. The molecule has 0 saturated heterocycles. The largest absolute Gasteiger partial charge is 0.506 e. The number of phenolic OH excluding ortho intramolecular Hbond substituents is 1. The van der Waals surface area contributed by atoms with Crippen LogP contribution in [0.25, 0.3) is 0 Å². The number of nitrogens with one attached hydrogen (secondary N) is 1. The molecule has 0 unspecified atom stereocenters. The highest BCUT2D eigenvalue weighted by atomic mass is 32.2. The maximum absolute atomic E-state index is 9.87. The van der Waals surface area contributed by atoms with E-state index in [0.717, 1.165) is 9.79 Å². The monoisotopic (exact) mass is 331 g/mol. The Morgan fingerprint density at radius 1 is 1.14 bits per heavy atom.